The highest BCUT2D eigenvalue weighted by Crippen LogP contribution is 2.24. The molecule has 0 radical (unpaired) electrons. The summed E-state index contributed by atoms with van der Waals surface area (Å²) in [4.78, 5) is 10.1. The summed E-state index contributed by atoms with van der Waals surface area (Å²) in [5.74, 6) is 0. The summed E-state index contributed by atoms with van der Waals surface area (Å²) in [6.07, 6.45) is -5.14. The number of halogens is 3. The summed E-state index contributed by atoms with van der Waals surface area (Å²) < 4.78 is 49.4. The van der Waals surface area contributed by atoms with E-state index in [-0.39, 0.29) is 6.29 Å². The predicted molar refractivity (Wildman–Crippen MR) is 51.6 cm³/mol. The molecule has 0 saturated carbocycles. The van der Waals surface area contributed by atoms with Crippen LogP contribution in [0.4, 0.5) is 13.2 Å². The zero-order valence-corrected chi connectivity index (χ0v) is 9.54. The van der Waals surface area contributed by atoms with Crippen LogP contribution in [0.3, 0.4) is 0 Å². The van der Waals surface area contributed by atoms with Gasteiger partial charge in [0.15, 0.2) is 6.04 Å². The van der Waals surface area contributed by atoms with Crippen LogP contribution >= 0.6 is 0 Å². The lowest BCUT2D eigenvalue weighted by Crippen LogP contribution is -2.50. The first-order valence-corrected chi connectivity index (χ1v) is 5.42. The average Bonchev–Trinajstić information content (AvgIpc) is 1.99. The van der Waals surface area contributed by atoms with Crippen LogP contribution in [-0.4, -0.2) is 27.8 Å². The van der Waals surface area contributed by atoms with E-state index >= 15 is 0 Å². The summed E-state index contributed by atoms with van der Waals surface area (Å²) in [7, 11) is 0. The second-order valence-corrected chi connectivity index (χ2v) is 5.99. The van der Waals surface area contributed by atoms with Gasteiger partial charge in [0, 0.05) is 17.8 Å². The molecule has 2 atom stereocenters. The molecule has 0 aliphatic heterocycles. The first-order chi connectivity index (χ1) is 6.59. The lowest BCUT2D eigenvalue weighted by atomic mass is 10.2. The highest BCUT2D eigenvalue weighted by Gasteiger charge is 2.44. The first-order valence-electron chi connectivity index (χ1n) is 4.27. The molecule has 7 heteroatoms. The Morgan fingerprint density at radius 2 is 1.87 bits per heavy atom. The minimum absolute atomic E-state index is 0.158. The van der Waals surface area contributed by atoms with E-state index in [1.165, 1.54) is 0 Å². The smallest absolute Gasteiger partial charge is 0.408 e. The fourth-order valence-corrected chi connectivity index (χ4v) is 1.49. The average molecular weight is 245 g/mol. The Hall–Kier alpha value is -0.270. The van der Waals surface area contributed by atoms with Gasteiger partial charge in [-0.15, -0.1) is 4.72 Å². The van der Waals surface area contributed by atoms with E-state index in [0.29, 0.717) is 0 Å². The molecular weight excluding hydrogens is 231 g/mol. The summed E-state index contributed by atoms with van der Waals surface area (Å²) in [5, 5.41) is 0. The molecule has 15 heavy (non-hydrogen) atoms. The van der Waals surface area contributed by atoms with Gasteiger partial charge >= 0.3 is 6.18 Å². The zero-order chi connectivity index (χ0) is 12.3. The quantitative estimate of drug-likeness (QED) is 0.604. The second-order valence-electron chi connectivity index (χ2n) is 4.00. The zero-order valence-electron chi connectivity index (χ0n) is 8.72. The monoisotopic (exact) mass is 245 g/mol. The molecule has 0 fully saturated rings. The van der Waals surface area contributed by atoms with Gasteiger partial charge in [-0.1, -0.05) is 0 Å². The maximum atomic E-state index is 12.3. The van der Waals surface area contributed by atoms with Crippen LogP contribution in [0.2, 0.25) is 0 Å². The van der Waals surface area contributed by atoms with E-state index in [2.05, 4.69) is 0 Å². The van der Waals surface area contributed by atoms with Gasteiger partial charge in [-0.25, -0.2) is 0 Å². The van der Waals surface area contributed by atoms with Gasteiger partial charge in [0.1, 0.15) is 11.0 Å². The number of hydrogen-bond acceptors (Lipinski definition) is 3. The van der Waals surface area contributed by atoms with Crippen LogP contribution in [0.15, 0.2) is 0 Å². The van der Waals surface area contributed by atoms with Crippen LogP contribution in [0, 0.1) is 0 Å². The van der Waals surface area contributed by atoms with Crippen molar-refractivity contribution in [2.75, 3.05) is 0 Å². The minimum atomic E-state index is -4.57. The van der Waals surface area contributed by atoms with Crippen LogP contribution in [0.25, 0.3) is 0 Å². The van der Waals surface area contributed by atoms with E-state index in [4.69, 9.17) is 0 Å². The number of nitrogens with one attached hydrogen (secondary N) is 1. The predicted octanol–water partition coefficient (Wildman–Crippen LogP) is 1.56. The molecule has 0 spiro atoms. The molecule has 1 N–H and O–H groups in total. The fourth-order valence-electron chi connectivity index (χ4n) is 0.651. The van der Waals surface area contributed by atoms with Gasteiger partial charge in [0.2, 0.25) is 0 Å². The third-order valence-corrected chi connectivity index (χ3v) is 3.14. The van der Waals surface area contributed by atoms with Crippen LogP contribution in [-0.2, 0) is 16.2 Å². The number of hydrogen-bond donors (Lipinski definition) is 1. The topological polar surface area (TPSA) is 52.2 Å². The Labute approximate surface area is 89.7 Å². The van der Waals surface area contributed by atoms with Crippen molar-refractivity contribution in [1.29, 1.82) is 0 Å². The van der Waals surface area contributed by atoms with Crippen molar-refractivity contribution in [3.05, 3.63) is 0 Å². The molecule has 0 rings (SSSR count). The molecule has 0 aromatic rings. The maximum Gasteiger partial charge on any atom is 0.408 e. The summed E-state index contributed by atoms with van der Waals surface area (Å²) in [6.45, 7) is 4.64. The molecule has 0 saturated heterocycles. The van der Waals surface area contributed by atoms with Crippen molar-refractivity contribution in [1.82, 2.24) is 4.72 Å². The molecule has 0 amide bonds. The van der Waals surface area contributed by atoms with Crippen LogP contribution in [0.1, 0.15) is 27.2 Å². The Morgan fingerprint density at radius 1 is 1.40 bits per heavy atom. The third kappa shape index (κ3) is 5.39. The van der Waals surface area contributed by atoms with Crippen molar-refractivity contribution >= 4 is 17.6 Å². The van der Waals surface area contributed by atoms with Gasteiger partial charge in [-0.05, 0) is 20.8 Å². The lowest BCUT2D eigenvalue weighted by Gasteiger charge is -2.28. The lowest BCUT2D eigenvalue weighted by molar-refractivity contribution is -0.154. The molecular formula is C8H14F3NO2S. The Bertz CT molecular complexity index is 215. The van der Waals surface area contributed by atoms with Gasteiger partial charge in [-0.2, -0.15) is 13.2 Å². The fraction of sp³-hybridized carbons (Fsp3) is 0.875. The Morgan fingerprint density at radius 3 is 2.13 bits per heavy atom. The minimum Gasteiger partial charge on any atom is -0.598 e. The van der Waals surface area contributed by atoms with Gasteiger partial charge in [-0.3, -0.25) is 0 Å². The van der Waals surface area contributed by atoms with Crippen LogP contribution < -0.4 is 4.72 Å². The molecule has 0 aliphatic rings. The molecule has 0 heterocycles. The van der Waals surface area contributed by atoms with Gasteiger partial charge in [0.05, 0.1) is 0 Å². The first kappa shape index (κ1) is 14.7. The van der Waals surface area contributed by atoms with E-state index in [9.17, 15) is 22.5 Å². The van der Waals surface area contributed by atoms with Crippen molar-refractivity contribution < 1.29 is 22.5 Å². The van der Waals surface area contributed by atoms with Gasteiger partial charge < -0.3 is 9.35 Å². The molecule has 0 aromatic heterocycles. The molecule has 90 valence electrons. The van der Waals surface area contributed by atoms with E-state index in [1.54, 1.807) is 20.8 Å². The maximum absolute atomic E-state index is 12.3. The normalized spacial score (nSPS) is 17.3. The Balaban J connectivity index is 4.49. The molecule has 0 aliphatic carbocycles. The number of carbonyl (C=O) groups excluding carboxylic acids is 1. The number of aldehydes is 1. The molecule has 3 nitrogen and oxygen atoms in total. The number of alkyl halides is 3. The van der Waals surface area contributed by atoms with E-state index in [1.807, 2.05) is 4.72 Å². The second kappa shape index (κ2) is 5.18. The van der Waals surface area contributed by atoms with Crippen molar-refractivity contribution in [2.24, 2.45) is 0 Å². The van der Waals surface area contributed by atoms with Crippen molar-refractivity contribution in [3.63, 3.8) is 0 Å². The highest BCUT2D eigenvalue weighted by atomic mass is 32.2. The Kier molecular flexibility index (Phi) is 5.08. The van der Waals surface area contributed by atoms with E-state index < -0.39 is 34.7 Å². The van der Waals surface area contributed by atoms with Crippen molar-refractivity contribution in [3.8, 4) is 0 Å². The standard InChI is InChI=1S/C8H14F3NO2S/c1-7(2,3)15(14)12-6(4-5-13)8(9,10)11/h5-6,12H,4H2,1-3H3. The molecule has 0 aromatic carbocycles. The highest BCUT2D eigenvalue weighted by molar-refractivity contribution is 7.90. The van der Waals surface area contributed by atoms with Crippen molar-refractivity contribution in [2.45, 2.75) is 44.2 Å². The number of rotatable bonds is 4. The molecule has 2 unspecified atom stereocenters. The van der Waals surface area contributed by atoms with Gasteiger partial charge in [0.25, 0.3) is 0 Å². The molecule has 0 bridgehead atoms. The van der Waals surface area contributed by atoms with Crippen LogP contribution in [0.5, 0.6) is 0 Å². The third-order valence-electron chi connectivity index (χ3n) is 1.53. The number of carbonyl (C=O) groups is 1. The summed E-state index contributed by atoms with van der Waals surface area (Å²) in [5.41, 5.74) is 0. The van der Waals surface area contributed by atoms with E-state index in [0.717, 1.165) is 0 Å². The largest absolute Gasteiger partial charge is 0.598 e. The SMILES string of the molecule is CC(C)(C)[S+]([O-])NC(CC=O)C(F)(F)F. The summed E-state index contributed by atoms with van der Waals surface area (Å²) >= 11 is -1.84. The summed E-state index contributed by atoms with van der Waals surface area (Å²) in [6, 6.07) is -2.05.